The number of hydrogen-bond acceptors (Lipinski definition) is 4. The minimum Gasteiger partial charge on any atom is -0.468 e. The van der Waals surface area contributed by atoms with Crippen LogP contribution in [0.5, 0.6) is 0 Å². The van der Waals surface area contributed by atoms with Crippen LogP contribution in [0.4, 0.5) is 0 Å². The third-order valence-electron chi connectivity index (χ3n) is 2.79. The summed E-state index contributed by atoms with van der Waals surface area (Å²) < 4.78 is 5.45. The predicted molar refractivity (Wildman–Crippen MR) is 76.9 cm³/mol. The highest BCUT2D eigenvalue weighted by molar-refractivity contribution is 9.10. The quantitative estimate of drug-likeness (QED) is 0.656. The van der Waals surface area contributed by atoms with E-state index in [9.17, 15) is 14.4 Å². The highest BCUT2D eigenvalue weighted by Gasteiger charge is 2.35. The fourth-order valence-corrected chi connectivity index (χ4v) is 2.36. The molecule has 0 aliphatic carbocycles. The predicted octanol–water partition coefficient (Wildman–Crippen LogP) is 2.00. The molecule has 0 unspecified atom stereocenters. The monoisotopic (exact) mass is 341 g/mol. The van der Waals surface area contributed by atoms with E-state index in [-0.39, 0.29) is 11.7 Å². The molecule has 0 bridgehead atoms. The van der Waals surface area contributed by atoms with Gasteiger partial charge in [0.25, 0.3) is 0 Å². The maximum atomic E-state index is 11.8. The van der Waals surface area contributed by atoms with Crippen LogP contribution in [0.15, 0.2) is 28.7 Å². The molecule has 1 aromatic rings. The molecule has 1 rings (SSSR count). The van der Waals surface area contributed by atoms with Crippen LogP contribution < -0.4 is 5.32 Å². The molecule has 0 spiro atoms. The van der Waals surface area contributed by atoms with Crippen molar-refractivity contribution in [1.82, 2.24) is 5.32 Å². The molecule has 0 radical (unpaired) electrons. The minimum absolute atomic E-state index is 0.329. The Morgan fingerprint density at radius 1 is 1.25 bits per heavy atom. The van der Waals surface area contributed by atoms with Gasteiger partial charge >= 0.3 is 5.97 Å². The Morgan fingerprint density at radius 2 is 1.90 bits per heavy atom. The Morgan fingerprint density at radius 3 is 2.35 bits per heavy atom. The number of Topliss-reactive ketones (excluding diaryl/α,β-unsaturated/α-hetero) is 1. The molecule has 0 aliphatic heterocycles. The molecule has 0 heterocycles. The summed E-state index contributed by atoms with van der Waals surface area (Å²) in [7, 11) is 1.21. The Kier molecular flexibility index (Phi) is 5.88. The number of benzene rings is 1. The van der Waals surface area contributed by atoms with Crippen LogP contribution in [0.25, 0.3) is 0 Å². The molecule has 0 aliphatic rings. The number of amides is 1. The van der Waals surface area contributed by atoms with Crippen molar-refractivity contribution in [2.24, 2.45) is 5.92 Å². The zero-order valence-electron chi connectivity index (χ0n) is 11.5. The molecule has 1 amide bonds. The van der Waals surface area contributed by atoms with Gasteiger partial charge in [0.1, 0.15) is 11.7 Å². The van der Waals surface area contributed by atoms with Gasteiger partial charge in [-0.25, -0.2) is 0 Å². The topological polar surface area (TPSA) is 72.5 Å². The fourth-order valence-electron chi connectivity index (χ4n) is 1.94. The number of hydrogen-bond donors (Lipinski definition) is 1. The van der Waals surface area contributed by atoms with E-state index in [0.717, 1.165) is 4.47 Å². The van der Waals surface area contributed by atoms with E-state index in [1.54, 1.807) is 18.2 Å². The van der Waals surface area contributed by atoms with Crippen molar-refractivity contribution in [1.29, 1.82) is 0 Å². The van der Waals surface area contributed by atoms with E-state index in [4.69, 9.17) is 0 Å². The molecule has 5 nitrogen and oxygen atoms in total. The van der Waals surface area contributed by atoms with Crippen molar-refractivity contribution in [2.75, 3.05) is 7.11 Å². The van der Waals surface area contributed by atoms with Gasteiger partial charge in [0.2, 0.25) is 5.91 Å². The maximum absolute atomic E-state index is 11.8. The molecule has 2 atom stereocenters. The molecule has 20 heavy (non-hydrogen) atoms. The summed E-state index contributed by atoms with van der Waals surface area (Å²) in [6.45, 7) is 2.63. The number of ether oxygens (including phenoxy) is 1. The Bertz CT molecular complexity index is 530. The van der Waals surface area contributed by atoms with E-state index < -0.39 is 17.9 Å². The van der Waals surface area contributed by atoms with Crippen molar-refractivity contribution >= 4 is 33.6 Å². The first-order valence-electron chi connectivity index (χ1n) is 5.97. The van der Waals surface area contributed by atoms with Crippen LogP contribution in [0.2, 0.25) is 0 Å². The van der Waals surface area contributed by atoms with E-state index >= 15 is 0 Å². The van der Waals surface area contributed by atoms with Crippen molar-refractivity contribution < 1.29 is 19.1 Å². The molecule has 0 saturated carbocycles. The van der Waals surface area contributed by atoms with Gasteiger partial charge in [0, 0.05) is 11.4 Å². The zero-order chi connectivity index (χ0) is 15.3. The second kappa shape index (κ2) is 7.19. The second-order valence-corrected chi connectivity index (χ2v) is 5.26. The maximum Gasteiger partial charge on any atom is 0.318 e. The van der Waals surface area contributed by atoms with E-state index in [1.165, 1.54) is 21.0 Å². The summed E-state index contributed by atoms with van der Waals surface area (Å²) in [5.41, 5.74) is 0.653. The third kappa shape index (κ3) is 4.16. The standard InChI is InChI=1S/C14H16BrNO4/c1-8(17)12(14(19)20-3)13(16-9(2)18)10-5-4-6-11(15)7-10/h4-7,12-13H,1-3H3,(H,16,18)/t12-,13-/m0/s1. The van der Waals surface area contributed by atoms with Crippen LogP contribution in [-0.4, -0.2) is 24.8 Å². The van der Waals surface area contributed by atoms with Crippen LogP contribution in [-0.2, 0) is 19.1 Å². The van der Waals surface area contributed by atoms with Crippen LogP contribution in [0, 0.1) is 5.92 Å². The smallest absolute Gasteiger partial charge is 0.318 e. The van der Waals surface area contributed by atoms with Gasteiger partial charge in [0.15, 0.2) is 0 Å². The van der Waals surface area contributed by atoms with Crippen molar-refractivity contribution in [2.45, 2.75) is 19.9 Å². The van der Waals surface area contributed by atoms with Gasteiger partial charge in [-0.05, 0) is 24.6 Å². The lowest BCUT2D eigenvalue weighted by atomic mass is 9.90. The average Bonchev–Trinajstić information content (AvgIpc) is 2.36. The van der Waals surface area contributed by atoms with Crippen molar-refractivity contribution in [3.05, 3.63) is 34.3 Å². The Labute approximate surface area is 125 Å². The van der Waals surface area contributed by atoms with Gasteiger partial charge in [-0.2, -0.15) is 0 Å². The number of carbonyl (C=O) groups is 3. The van der Waals surface area contributed by atoms with Crippen molar-refractivity contribution in [3.63, 3.8) is 0 Å². The van der Waals surface area contributed by atoms with E-state index in [2.05, 4.69) is 26.0 Å². The molecule has 0 aromatic heterocycles. The summed E-state index contributed by atoms with van der Waals surface area (Å²) in [5, 5.41) is 2.64. The van der Waals surface area contributed by atoms with Gasteiger partial charge in [0.05, 0.1) is 13.2 Å². The highest BCUT2D eigenvalue weighted by atomic mass is 79.9. The first kappa shape index (κ1) is 16.4. The summed E-state index contributed by atoms with van der Waals surface area (Å²) in [4.78, 5) is 35.0. The lowest BCUT2D eigenvalue weighted by molar-refractivity contribution is -0.150. The van der Waals surface area contributed by atoms with Crippen LogP contribution in [0.3, 0.4) is 0 Å². The molecule has 0 fully saturated rings. The number of rotatable bonds is 5. The summed E-state index contributed by atoms with van der Waals surface area (Å²) in [5.74, 6) is -2.44. The molecule has 1 N–H and O–H groups in total. The summed E-state index contributed by atoms with van der Waals surface area (Å²) >= 11 is 3.32. The fraction of sp³-hybridized carbons (Fsp3) is 0.357. The third-order valence-corrected chi connectivity index (χ3v) is 3.29. The van der Waals surface area contributed by atoms with Gasteiger partial charge in [-0.15, -0.1) is 0 Å². The number of carbonyl (C=O) groups excluding carboxylic acids is 3. The van der Waals surface area contributed by atoms with Gasteiger partial charge in [-0.3, -0.25) is 14.4 Å². The minimum atomic E-state index is -1.07. The zero-order valence-corrected chi connectivity index (χ0v) is 13.1. The van der Waals surface area contributed by atoms with E-state index in [0.29, 0.717) is 5.56 Å². The number of methoxy groups -OCH3 is 1. The van der Waals surface area contributed by atoms with E-state index in [1.807, 2.05) is 6.07 Å². The number of ketones is 1. The van der Waals surface area contributed by atoms with Gasteiger partial charge in [-0.1, -0.05) is 28.1 Å². The van der Waals surface area contributed by atoms with Crippen molar-refractivity contribution in [3.8, 4) is 0 Å². The second-order valence-electron chi connectivity index (χ2n) is 4.34. The first-order valence-corrected chi connectivity index (χ1v) is 6.77. The van der Waals surface area contributed by atoms with Crippen LogP contribution in [0.1, 0.15) is 25.5 Å². The Balaban J connectivity index is 3.25. The molecular weight excluding hydrogens is 326 g/mol. The number of halogens is 1. The van der Waals surface area contributed by atoms with Gasteiger partial charge < -0.3 is 10.1 Å². The lowest BCUT2D eigenvalue weighted by Gasteiger charge is -2.24. The molecule has 108 valence electrons. The molecule has 6 heteroatoms. The molecule has 1 aromatic carbocycles. The normalized spacial score (nSPS) is 13.2. The number of esters is 1. The summed E-state index contributed by atoms with van der Waals surface area (Å²) in [6, 6.07) is 6.32. The number of nitrogens with one attached hydrogen (secondary N) is 1. The molecular formula is C14H16BrNO4. The lowest BCUT2D eigenvalue weighted by Crippen LogP contribution is -2.39. The summed E-state index contributed by atoms with van der Waals surface area (Å²) in [6.07, 6.45) is 0. The first-order chi connectivity index (χ1) is 9.36. The Hall–Kier alpha value is -1.69. The average molecular weight is 342 g/mol. The molecule has 0 saturated heterocycles. The largest absolute Gasteiger partial charge is 0.468 e. The van der Waals surface area contributed by atoms with Crippen LogP contribution >= 0.6 is 15.9 Å². The SMILES string of the molecule is COC(=O)[C@@H](C(C)=O)[C@@H](NC(C)=O)c1cccc(Br)c1. The highest BCUT2D eigenvalue weighted by Crippen LogP contribution is 2.26.